The molecule has 0 saturated carbocycles. The maximum absolute atomic E-state index is 5.64. The van der Waals surface area contributed by atoms with Gasteiger partial charge < -0.3 is 4.42 Å². The highest BCUT2D eigenvalue weighted by Crippen LogP contribution is 2.28. The Bertz CT molecular complexity index is 521. The van der Waals surface area contributed by atoms with E-state index in [-0.39, 0.29) is 6.04 Å². The Morgan fingerprint density at radius 3 is 3.05 bits per heavy atom. The topological polar surface area (TPSA) is 60.0 Å². The molecule has 2 atom stereocenters. The van der Waals surface area contributed by atoms with Crippen LogP contribution in [0.5, 0.6) is 0 Å². The van der Waals surface area contributed by atoms with E-state index in [2.05, 4.69) is 27.1 Å². The fourth-order valence-electron chi connectivity index (χ4n) is 2.68. The Kier molecular flexibility index (Phi) is 3.33. The molecule has 1 aliphatic rings. The highest BCUT2D eigenvalue weighted by atomic mass is 16.4. The van der Waals surface area contributed by atoms with E-state index < -0.39 is 0 Å². The zero-order valence-electron chi connectivity index (χ0n) is 11.4. The SMILES string of the molecule is Cc1cnc(C(C)N2CCCC(n3ccnn3)C2)o1. The molecule has 0 amide bonds. The fraction of sp³-hybridized carbons (Fsp3) is 0.615. The molecule has 6 nitrogen and oxygen atoms in total. The second-order valence-electron chi connectivity index (χ2n) is 5.16. The van der Waals surface area contributed by atoms with Crippen molar-refractivity contribution >= 4 is 0 Å². The van der Waals surface area contributed by atoms with Crippen molar-refractivity contribution in [1.29, 1.82) is 0 Å². The largest absolute Gasteiger partial charge is 0.444 e. The predicted octanol–water partition coefficient (Wildman–Crippen LogP) is 1.97. The standard InChI is InChI=1S/C13H19N5O/c1-10-8-14-13(19-10)11(2)17-6-3-4-12(9-17)18-7-5-15-16-18/h5,7-8,11-12H,3-4,6,9H2,1-2H3. The molecule has 102 valence electrons. The number of hydrogen-bond acceptors (Lipinski definition) is 5. The van der Waals surface area contributed by atoms with Crippen LogP contribution < -0.4 is 0 Å². The van der Waals surface area contributed by atoms with Crippen molar-refractivity contribution in [1.82, 2.24) is 24.9 Å². The summed E-state index contributed by atoms with van der Waals surface area (Å²) >= 11 is 0. The Balaban J connectivity index is 1.71. The molecule has 1 saturated heterocycles. The van der Waals surface area contributed by atoms with E-state index in [0.717, 1.165) is 37.6 Å². The van der Waals surface area contributed by atoms with Crippen LogP contribution in [0.3, 0.4) is 0 Å². The predicted molar refractivity (Wildman–Crippen MR) is 69.5 cm³/mol. The summed E-state index contributed by atoms with van der Waals surface area (Å²) in [6.45, 7) is 6.12. The normalized spacial score (nSPS) is 22.5. The Morgan fingerprint density at radius 1 is 1.47 bits per heavy atom. The van der Waals surface area contributed by atoms with E-state index in [4.69, 9.17) is 4.42 Å². The molecule has 0 aliphatic carbocycles. The molecule has 3 heterocycles. The van der Waals surface area contributed by atoms with Crippen molar-refractivity contribution < 1.29 is 4.42 Å². The van der Waals surface area contributed by atoms with Crippen LogP contribution in [0.1, 0.15) is 43.5 Å². The van der Waals surface area contributed by atoms with E-state index in [1.807, 2.05) is 17.8 Å². The average molecular weight is 261 g/mol. The number of piperidine rings is 1. The molecular weight excluding hydrogens is 242 g/mol. The second-order valence-corrected chi connectivity index (χ2v) is 5.16. The minimum absolute atomic E-state index is 0.208. The van der Waals surface area contributed by atoms with E-state index >= 15 is 0 Å². The van der Waals surface area contributed by atoms with Gasteiger partial charge in [0.25, 0.3) is 0 Å². The second kappa shape index (κ2) is 5.13. The Hall–Kier alpha value is -1.69. The Labute approximate surface area is 112 Å². The highest BCUT2D eigenvalue weighted by molar-refractivity contribution is 4.96. The first-order valence-corrected chi connectivity index (χ1v) is 6.76. The minimum Gasteiger partial charge on any atom is -0.444 e. The van der Waals surface area contributed by atoms with Crippen LogP contribution in [-0.4, -0.2) is 38.0 Å². The van der Waals surface area contributed by atoms with Crippen molar-refractivity contribution in [2.75, 3.05) is 13.1 Å². The van der Waals surface area contributed by atoms with Gasteiger partial charge in [-0.25, -0.2) is 9.67 Å². The van der Waals surface area contributed by atoms with E-state index in [1.54, 1.807) is 12.4 Å². The van der Waals surface area contributed by atoms with Crippen molar-refractivity contribution in [2.45, 2.75) is 38.8 Å². The van der Waals surface area contributed by atoms with Crippen LogP contribution in [0.15, 0.2) is 23.0 Å². The summed E-state index contributed by atoms with van der Waals surface area (Å²) in [6, 6.07) is 0.606. The molecule has 1 aliphatic heterocycles. The van der Waals surface area contributed by atoms with E-state index in [1.165, 1.54) is 0 Å². The van der Waals surface area contributed by atoms with Crippen LogP contribution in [0, 0.1) is 6.92 Å². The monoisotopic (exact) mass is 261 g/mol. The molecule has 0 radical (unpaired) electrons. The number of rotatable bonds is 3. The maximum atomic E-state index is 5.64. The van der Waals surface area contributed by atoms with Gasteiger partial charge in [-0.1, -0.05) is 5.21 Å². The molecule has 19 heavy (non-hydrogen) atoms. The summed E-state index contributed by atoms with van der Waals surface area (Å²) in [4.78, 5) is 6.74. The molecule has 2 unspecified atom stereocenters. The summed E-state index contributed by atoms with van der Waals surface area (Å²) in [6.07, 6.45) is 7.77. The van der Waals surface area contributed by atoms with Gasteiger partial charge in [-0.05, 0) is 33.2 Å². The molecule has 0 N–H and O–H groups in total. The first-order chi connectivity index (χ1) is 9.24. The van der Waals surface area contributed by atoms with Crippen LogP contribution >= 0.6 is 0 Å². The van der Waals surface area contributed by atoms with Gasteiger partial charge in [-0.15, -0.1) is 5.10 Å². The van der Waals surface area contributed by atoms with Gasteiger partial charge >= 0.3 is 0 Å². The third kappa shape index (κ3) is 2.53. The molecular formula is C13H19N5O. The average Bonchev–Trinajstić information content (AvgIpc) is 3.09. The first kappa shape index (κ1) is 12.3. The maximum Gasteiger partial charge on any atom is 0.211 e. The molecule has 2 aromatic heterocycles. The number of aryl methyl sites for hydroxylation is 1. The molecule has 6 heteroatoms. The van der Waals surface area contributed by atoms with Crippen LogP contribution in [0.2, 0.25) is 0 Å². The molecule has 3 rings (SSSR count). The molecule has 0 bridgehead atoms. The van der Waals surface area contributed by atoms with Gasteiger partial charge in [0, 0.05) is 12.7 Å². The lowest BCUT2D eigenvalue weighted by Crippen LogP contribution is -2.38. The van der Waals surface area contributed by atoms with Gasteiger partial charge in [0.15, 0.2) is 0 Å². The van der Waals surface area contributed by atoms with Gasteiger partial charge in [0.1, 0.15) is 5.76 Å². The highest BCUT2D eigenvalue weighted by Gasteiger charge is 2.27. The lowest BCUT2D eigenvalue weighted by molar-refractivity contribution is 0.113. The van der Waals surface area contributed by atoms with Crippen LogP contribution in [0.25, 0.3) is 0 Å². The number of oxazole rings is 1. The summed E-state index contributed by atoms with van der Waals surface area (Å²) in [5.74, 6) is 1.67. The molecule has 2 aromatic rings. The third-order valence-electron chi connectivity index (χ3n) is 3.79. The Morgan fingerprint density at radius 2 is 2.37 bits per heavy atom. The van der Waals surface area contributed by atoms with Crippen molar-refractivity contribution in [3.63, 3.8) is 0 Å². The zero-order valence-corrected chi connectivity index (χ0v) is 11.4. The van der Waals surface area contributed by atoms with E-state index in [0.29, 0.717) is 6.04 Å². The zero-order chi connectivity index (χ0) is 13.2. The van der Waals surface area contributed by atoms with Crippen molar-refractivity contribution in [3.8, 4) is 0 Å². The van der Waals surface area contributed by atoms with Crippen molar-refractivity contribution in [3.05, 3.63) is 30.2 Å². The fourth-order valence-corrected chi connectivity index (χ4v) is 2.68. The first-order valence-electron chi connectivity index (χ1n) is 6.76. The molecule has 1 fully saturated rings. The number of likely N-dealkylation sites (tertiary alicyclic amines) is 1. The third-order valence-corrected chi connectivity index (χ3v) is 3.79. The quantitative estimate of drug-likeness (QED) is 0.845. The van der Waals surface area contributed by atoms with E-state index in [9.17, 15) is 0 Å². The molecule has 0 spiro atoms. The minimum atomic E-state index is 0.208. The van der Waals surface area contributed by atoms with Gasteiger partial charge in [0.2, 0.25) is 5.89 Å². The lowest BCUT2D eigenvalue weighted by Gasteiger charge is -2.35. The van der Waals surface area contributed by atoms with Gasteiger partial charge in [-0.3, -0.25) is 4.90 Å². The number of aromatic nitrogens is 4. The van der Waals surface area contributed by atoms with Gasteiger partial charge in [0.05, 0.1) is 24.5 Å². The smallest absolute Gasteiger partial charge is 0.211 e. The summed E-state index contributed by atoms with van der Waals surface area (Å²) in [7, 11) is 0. The van der Waals surface area contributed by atoms with Crippen molar-refractivity contribution in [2.24, 2.45) is 0 Å². The summed E-state index contributed by atoms with van der Waals surface area (Å²) < 4.78 is 7.59. The molecule has 0 aromatic carbocycles. The van der Waals surface area contributed by atoms with Gasteiger partial charge in [-0.2, -0.15) is 0 Å². The van der Waals surface area contributed by atoms with Crippen LogP contribution in [0.4, 0.5) is 0 Å². The lowest BCUT2D eigenvalue weighted by atomic mass is 10.0. The summed E-state index contributed by atoms with van der Waals surface area (Å²) in [5, 5.41) is 8.00. The number of hydrogen-bond donors (Lipinski definition) is 0. The number of nitrogens with zero attached hydrogens (tertiary/aromatic N) is 5. The summed E-state index contributed by atoms with van der Waals surface area (Å²) in [5.41, 5.74) is 0. The van der Waals surface area contributed by atoms with Crippen LogP contribution in [-0.2, 0) is 0 Å².